The summed E-state index contributed by atoms with van der Waals surface area (Å²) in [6, 6.07) is 9.99. The fourth-order valence-electron chi connectivity index (χ4n) is 3.75. The largest absolute Gasteiger partial charge is 0.464 e. The monoisotopic (exact) mass is 430 g/mol. The van der Waals surface area contributed by atoms with Gasteiger partial charge in [0.15, 0.2) is 0 Å². The van der Waals surface area contributed by atoms with Crippen LogP contribution in [0.25, 0.3) is 0 Å². The van der Waals surface area contributed by atoms with Crippen LogP contribution in [-0.4, -0.2) is 72.7 Å². The topological polar surface area (TPSA) is 70.1 Å². The van der Waals surface area contributed by atoms with Crippen LogP contribution in [0.4, 0.5) is 0 Å². The standard InChI is InChI=1S/C25H38N2O4/c1-26(2)18-19-31-25(30)12-8-3-4-9-17-27-22(14-16-24(27)29)13-15-23(28)20-21-10-6-5-7-11-21/h5-7,10-11,13,15,22-23,28H,3-4,8-9,12,14,16-20H2,1-2H3/b15-13+/t22-,23+/m0/s1. The van der Waals surface area contributed by atoms with Gasteiger partial charge in [0.25, 0.3) is 0 Å². The van der Waals surface area contributed by atoms with Gasteiger partial charge in [0.2, 0.25) is 5.91 Å². The summed E-state index contributed by atoms with van der Waals surface area (Å²) in [7, 11) is 3.90. The van der Waals surface area contributed by atoms with E-state index in [1.54, 1.807) is 0 Å². The first-order valence-electron chi connectivity index (χ1n) is 11.5. The molecule has 0 radical (unpaired) electrons. The molecule has 1 aromatic rings. The quantitative estimate of drug-likeness (QED) is 0.279. The zero-order valence-corrected chi connectivity index (χ0v) is 19.0. The van der Waals surface area contributed by atoms with Crippen LogP contribution in [-0.2, 0) is 20.7 Å². The van der Waals surface area contributed by atoms with E-state index in [-0.39, 0.29) is 17.9 Å². The molecule has 6 nitrogen and oxygen atoms in total. The number of carbonyl (C=O) groups excluding carboxylic acids is 2. The van der Waals surface area contributed by atoms with Gasteiger partial charge in [-0.15, -0.1) is 0 Å². The van der Waals surface area contributed by atoms with Crippen LogP contribution in [0.2, 0.25) is 0 Å². The molecule has 2 atom stereocenters. The van der Waals surface area contributed by atoms with Crippen LogP contribution in [0.3, 0.4) is 0 Å². The van der Waals surface area contributed by atoms with Crippen molar-refractivity contribution in [1.82, 2.24) is 9.80 Å². The van der Waals surface area contributed by atoms with Crippen molar-refractivity contribution in [3.8, 4) is 0 Å². The molecule has 1 heterocycles. The van der Waals surface area contributed by atoms with E-state index in [4.69, 9.17) is 4.74 Å². The van der Waals surface area contributed by atoms with Crippen molar-refractivity contribution in [3.63, 3.8) is 0 Å². The molecule has 0 aliphatic carbocycles. The lowest BCUT2D eigenvalue weighted by Crippen LogP contribution is -2.32. The predicted molar refractivity (Wildman–Crippen MR) is 123 cm³/mol. The van der Waals surface area contributed by atoms with Crippen molar-refractivity contribution < 1.29 is 19.4 Å². The maximum absolute atomic E-state index is 12.2. The predicted octanol–water partition coefficient (Wildman–Crippen LogP) is 3.19. The Kier molecular flexibility index (Phi) is 11.3. The first-order chi connectivity index (χ1) is 15.0. The Labute approximate surface area is 186 Å². The number of hydrogen-bond donors (Lipinski definition) is 1. The Hall–Kier alpha value is -2.18. The lowest BCUT2D eigenvalue weighted by Gasteiger charge is -2.22. The Balaban J connectivity index is 1.62. The van der Waals surface area contributed by atoms with Crippen LogP contribution < -0.4 is 0 Å². The summed E-state index contributed by atoms with van der Waals surface area (Å²) in [5, 5.41) is 10.3. The third-order valence-electron chi connectivity index (χ3n) is 5.55. The Bertz CT molecular complexity index is 690. The highest BCUT2D eigenvalue weighted by Crippen LogP contribution is 2.21. The van der Waals surface area contributed by atoms with E-state index in [2.05, 4.69) is 0 Å². The SMILES string of the molecule is CN(C)CCOC(=O)CCCCCCN1C(=O)CC[C@@H]1/C=C/[C@@H](O)Cc1ccccc1. The molecule has 172 valence electrons. The molecule has 1 aromatic carbocycles. The van der Waals surface area contributed by atoms with Gasteiger partial charge in [-0.2, -0.15) is 0 Å². The number of ether oxygens (including phenoxy) is 1. The van der Waals surface area contributed by atoms with Gasteiger partial charge in [-0.25, -0.2) is 0 Å². The highest BCUT2D eigenvalue weighted by Gasteiger charge is 2.28. The minimum atomic E-state index is -0.544. The van der Waals surface area contributed by atoms with Crippen LogP contribution in [0.5, 0.6) is 0 Å². The van der Waals surface area contributed by atoms with Crippen molar-refractivity contribution in [2.24, 2.45) is 0 Å². The second kappa shape index (κ2) is 14.0. The summed E-state index contributed by atoms with van der Waals surface area (Å²) >= 11 is 0. The minimum Gasteiger partial charge on any atom is -0.464 e. The summed E-state index contributed by atoms with van der Waals surface area (Å²) in [5.41, 5.74) is 1.10. The van der Waals surface area contributed by atoms with E-state index < -0.39 is 6.10 Å². The molecule has 1 fully saturated rings. The molecule has 2 rings (SSSR count). The number of rotatable bonds is 14. The summed E-state index contributed by atoms with van der Waals surface area (Å²) in [5.74, 6) is 0.0625. The second-order valence-corrected chi connectivity index (χ2v) is 8.52. The number of aliphatic hydroxyl groups excluding tert-OH is 1. The summed E-state index contributed by atoms with van der Waals surface area (Å²) in [6.07, 6.45) is 9.39. The maximum atomic E-state index is 12.2. The fourth-order valence-corrected chi connectivity index (χ4v) is 3.75. The van der Waals surface area contributed by atoms with Crippen molar-refractivity contribution >= 4 is 11.9 Å². The van der Waals surface area contributed by atoms with E-state index in [0.29, 0.717) is 25.9 Å². The number of esters is 1. The number of hydrogen-bond acceptors (Lipinski definition) is 5. The van der Waals surface area contributed by atoms with Gasteiger partial charge in [0.1, 0.15) is 6.61 Å². The first-order valence-corrected chi connectivity index (χ1v) is 11.5. The molecular weight excluding hydrogens is 392 g/mol. The van der Waals surface area contributed by atoms with Gasteiger partial charge < -0.3 is 19.6 Å². The summed E-state index contributed by atoms with van der Waals surface area (Å²) in [6.45, 7) is 1.92. The first kappa shape index (κ1) is 25.1. The molecule has 0 bridgehead atoms. The molecule has 0 unspecified atom stereocenters. The molecule has 0 spiro atoms. The van der Waals surface area contributed by atoms with Crippen LogP contribution in [0.15, 0.2) is 42.5 Å². The Morgan fingerprint density at radius 1 is 1.23 bits per heavy atom. The average molecular weight is 431 g/mol. The lowest BCUT2D eigenvalue weighted by molar-refractivity contribution is -0.144. The number of benzene rings is 1. The molecule has 1 aliphatic rings. The fraction of sp³-hybridized carbons (Fsp3) is 0.600. The van der Waals surface area contributed by atoms with E-state index in [0.717, 1.165) is 50.8 Å². The lowest BCUT2D eigenvalue weighted by atomic mass is 10.1. The maximum Gasteiger partial charge on any atom is 0.305 e. The highest BCUT2D eigenvalue weighted by atomic mass is 16.5. The van der Waals surface area contributed by atoms with E-state index in [9.17, 15) is 14.7 Å². The van der Waals surface area contributed by atoms with Gasteiger partial charge in [-0.1, -0.05) is 55.3 Å². The minimum absolute atomic E-state index is 0.0737. The van der Waals surface area contributed by atoms with Gasteiger partial charge in [0.05, 0.1) is 12.1 Å². The number of aliphatic hydroxyl groups is 1. The molecule has 31 heavy (non-hydrogen) atoms. The third kappa shape index (κ3) is 10.1. The van der Waals surface area contributed by atoms with Gasteiger partial charge >= 0.3 is 5.97 Å². The Morgan fingerprint density at radius 3 is 2.71 bits per heavy atom. The van der Waals surface area contributed by atoms with Gasteiger partial charge in [0, 0.05) is 32.4 Å². The highest BCUT2D eigenvalue weighted by molar-refractivity contribution is 5.79. The molecule has 1 amide bonds. The number of likely N-dealkylation sites (N-methyl/N-ethyl adjacent to an activating group) is 1. The van der Waals surface area contributed by atoms with Crippen molar-refractivity contribution in [1.29, 1.82) is 0 Å². The normalized spacial score (nSPS) is 17.6. The molecule has 1 N–H and O–H groups in total. The van der Waals surface area contributed by atoms with Gasteiger partial charge in [-0.3, -0.25) is 9.59 Å². The molecule has 0 saturated carbocycles. The van der Waals surface area contributed by atoms with Crippen molar-refractivity contribution in [2.75, 3.05) is 33.8 Å². The zero-order chi connectivity index (χ0) is 22.5. The smallest absolute Gasteiger partial charge is 0.305 e. The Morgan fingerprint density at radius 2 is 1.97 bits per heavy atom. The zero-order valence-electron chi connectivity index (χ0n) is 19.0. The third-order valence-corrected chi connectivity index (χ3v) is 5.55. The van der Waals surface area contributed by atoms with E-state index in [1.165, 1.54) is 0 Å². The molecule has 0 aromatic heterocycles. The number of amides is 1. The number of nitrogens with zero attached hydrogens (tertiary/aromatic N) is 2. The van der Waals surface area contributed by atoms with Gasteiger partial charge in [-0.05, 0) is 38.9 Å². The number of unbranched alkanes of at least 4 members (excludes halogenated alkanes) is 3. The molecule has 1 saturated heterocycles. The molecule has 6 heteroatoms. The second-order valence-electron chi connectivity index (χ2n) is 8.52. The summed E-state index contributed by atoms with van der Waals surface area (Å²) < 4.78 is 5.19. The van der Waals surface area contributed by atoms with Crippen molar-refractivity contribution in [3.05, 3.63) is 48.0 Å². The van der Waals surface area contributed by atoms with Crippen LogP contribution in [0, 0.1) is 0 Å². The molecular formula is C25H38N2O4. The summed E-state index contributed by atoms with van der Waals surface area (Å²) in [4.78, 5) is 27.8. The van der Waals surface area contributed by atoms with Crippen LogP contribution in [0.1, 0.15) is 50.5 Å². The van der Waals surface area contributed by atoms with E-state index in [1.807, 2.05) is 66.4 Å². The number of carbonyl (C=O) groups is 2. The number of likely N-dealkylation sites (tertiary alicyclic amines) is 1. The van der Waals surface area contributed by atoms with Crippen LogP contribution >= 0.6 is 0 Å². The average Bonchev–Trinajstić information content (AvgIpc) is 3.09. The van der Waals surface area contributed by atoms with Crippen molar-refractivity contribution in [2.45, 2.75) is 63.5 Å². The molecule has 1 aliphatic heterocycles. The van der Waals surface area contributed by atoms with E-state index >= 15 is 0 Å².